The largest absolute Gasteiger partial charge is 0.393 e. The molecule has 0 aliphatic carbocycles. The number of carbonyl (C=O) groups is 1. The standard InChI is InChI=1S/C16H25N3OS/c1-12(2)11-19(10-9-15(17)21)13(3)16(20)18-14-7-5-4-6-8-14/h4-8,12-13H,9-11H2,1-3H3,(H2,17,21)(H,18,20). The summed E-state index contributed by atoms with van der Waals surface area (Å²) in [6, 6.07) is 9.27. The minimum Gasteiger partial charge on any atom is -0.393 e. The van der Waals surface area contributed by atoms with E-state index in [9.17, 15) is 4.79 Å². The summed E-state index contributed by atoms with van der Waals surface area (Å²) >= 11 is 4.94. The highest BCUT2D eigenvalue weighted by molar-refractivity contribution is 7.80. The van der Waals surface area contributed by atoms with Crippen LogP contribution in [-0.2, 0) is 4.79 Å². The van der Waals surface area contributed by atoms with Crippen molar-refractivity contribution in [1.29, 1.82) is 0 Å². The number of thiocarbonyl (C=S) groups is 1. The molecular weight excluding hydrogens is 282 g/mol. The zero-order chi connectivity index (χ0) is 15.8. The molecule has 1 aromatic rings. The minimum atomic E-state index is -0.220. The highest BCUT2D eigenvalue weighted by atomic mass is 32.1. The second kappa shape index (κ2) is 8.74. The minimum absolute atomic E-state index is 0.00945. The number of anilines is 1. The summed E-state index contributed by atoms with van der Waals surface area (Å²) in [6.45, 7) is 7.73. The molecule has 0 spiro atoms. The van der Waals surface area contributed by atoms with E-state index < -0.39 is 0 Å². The van der Waals surface area contributed by atoms with Crippen LogP contribution in [0, 0.1) is 5.92 Å². The molecule has 0 radical (unpaired) electrons. The average Bonchev–Trinajstić information content (AvgIpc) is 2.43. The first-order chi connectivity index (χ1) is 9.90. The van der Waals surface area contributed by atoms with Crippen molar-refractivity contribution in [3.05, 3.63) is 30.3 Å². The van der Waals surface area contributed by atoms with Gasteiger partial charge in [-0.05, 0) is 25.0 Å². The molecule has 0 aliphatic heterocycles. The van der Waals surface area contributed by atoms with Gasteiger partial charge in [-0.1, -0.05) is 44.3 Å². The van der Waals surface area contributed by atoms with Gasteiger partial charge in [0.1, 0.15) is 0 Å². The van der Waals surface area contributed by atoms with Crippen LogP contribution >= 0.6 is 12.2 Å². The first-order valence-electron chi connectivity index (χ1n) is 7.28. The number of hydrogen-bond donors (Lipinski definition) is 2. The van der Waals surface area contributed by atoms with E-state index in [1.54, 1.807) is 0 Å². The van der Waals surface area contributed by atoms with E-state index in [0.29, 0.717) is 23.9 Å². The van der Waals surface area contributed by atoms with Crippen LogP contribution in [-0.4, -0.2) is 34.9 Å². The van der Waals surface area contributed by atoms with Crippen molar-refractivity contribution in [2.24, 2.45) is 11.7 Å². The van der Waals surface area contributed by atoms with E-state index >= 15 is 0 Å². The Labute approximate surface area is 132 Å². The van der Waals surface area contributed by atoms with Crippen molar-refractivity contribution < 1.29 is 4.79 Å². The Balaban J connectivity index is 2.66. The molecule has 1 aromatic carbocycles. The van der Waals surface area contributed by atoms with Gasteiger partial charge in [-0.2, -0.15) is 0 Å². The Kier molecular flexibility index (Phi) is 7.32. The van der Waals surface area contributed by atoms with Gasteiger partial charge in [0, 0.05) is 25.2 Å². The van der Waals surface area contributed by atoms with E-state index in [-0.39, 0.29) is 11.9 Å². The molecule has 0 heterocycles. The summed E-state index contributed by atoms with van der Waals surface area (Å²) in [5, 5.41) is 2.94. The van der Waals surface area contributed by atoms with Crippen LogP contribution < -0.4 is 11.1 Å². The van der Waals surface area contributed by atoms with Crippen LogP contribution in [0.2, 0.25) is 0 Å². The fourth-order valence-electron chi connectivity index (χ4n) is 2.10. The maximum Gasteiger partial charge on any atom is 0.241 e. The third kappa shape index (κ3) is 6.69. The van der Waals surface area contributed by atoms with Crippen molar-refractivity contribution in [2.45, 2.75) is 33.2 Å². The van der Waals surface area contributed by atoms with E-state index in [0.717, 1.165) is 12.2 Å². The number of carbonyl (C=O) groups excluding carboxylic acids is 1. The van der Waals surface area contributed by atoms with Crippen molar-refractivity contribution in [2.75, 3.05) is 18.4 Å². The normalized spacial score (nSPS) is 12.4. The van der Waals surface area contributed by atoms with Crippen LogP contribution in [0.4, 0.5) is 5.69 Å². The number of hydrogen-bond acceptors (Lipinski definition) is 3. The predicted octanol–water partition coefficient (Wildman–Crippen LogP) is 2.65. The van der Waals surface area contributed by atoms with E-state index in [1.807, 2.05) is 37.3 Å². The van der Waals surface area contributed by atoms with Gasteiger partial charge in [-0.15, -0.1) is 0 Å². The van der Waals surface area contributed by atoms with Gasteiger partial charge in [0.05, 0.1) is 11.0 Å². The lowest BCUT2D eigenvalue weighted by atomic mass is 10.1. The highest BCUT2D eigenvalue weighted by Gasteiger charge is 2.22. The molecule has 0 aliphatic rings. The molecule has 3 N–H and O–H groups in total. The first-order valence-corrected chi connectivity index (χ1v) is 7.69. The van der Waals surface area contributed by atoms with E-state index in [4.69, 9.17) is 18.0 Å². The molecule has 0 saturated heterocycles. The predicted molar refractivity (Wildman–Crippen MR) is 92.3 cm³/mol. The molecule has 0 saturated carbocycles. The van der Waals surface area contributed by atoms with Crippen molar-refractivity contribution in [1.82, 2.24) is 4.90 Å². The summed E-state index contributed by atoms with van der Waals surface area (Å²) in [4.78, 5) is 15.0. The summed E-state index contributed by atoms with van der Waals surface area (Å²) < 4.78 is 0. The molecule has 1 amide bonds. The Morgan fingerprint density at radius 2 is 1.90 bits per heavy atom. The van der Waals surface area contributed by atoms with Crippen LogP contribution in [0.5, 0.6) is 0 Å². The number of benzene rings is 1. The van der Waals surface area contributed by atoms with Crippen LogP contribution in [0.25, 0.3) is 0 Å². The molecule has 116 valence electrons. The number of rotatable bonds is 8. The van der Waals surface area contributed by atoms with Gasteiger partial charge in [0.15, 0.2) is 0 Å². The third-order valence-electron chi connectivity index (χ3n) is 3.21. The Bertz CT molecular complexity index is 462. The zero-order valence-corrected chi connectivity index (χ0v) is 13.8. The molecule has 1 atom stereocenters. The van der Waals surface area contributed by atoms with Crippen molar-refractivity contribution in [3.8, 4) is 0 Å². The van der Waals surface area contributed by atoms with Gasteiger partial charge in [0.2, 0.25) is 5.91 Å². The fourth-order valence-corrected chi connectivity index (χ4v) is 2.19. The summed E-state index contributed by atoms with van der Waals surface area (Å²) in [6.07, 6.45) is 0.630. The van der Waals surface area contributed by atoms with Crippen LogP contribution in [0.1, 0.15) is 27.2 Å². The number of nitrogens with zero attached hydrogens (tertiary/aromatic N) is 1. The lowest BCUT2D eigenvalue weighted by Crippen LogP contribution is -2.45. The quantitative estimate of drug-likeness (QED) is 0.725. The summed E-state index contributed by atoms with van der Waals surface area (Å²) in [7, 11) is 0. The topological polar surface area (TPSA) is 58.4 Å². The maximum atomic E-state index is 12.4. The van der Waals surface area contributed by atoms with Gasteiger partial charge in [-0.25, -0.2) is 0 Å². The fraction of sp³-hybridized carbons (Fsp3) is 0.500. The Morgan fingerprint density at radius 3 is 2.43 bits per heavy atom. The van der Waals surface area contributed by atoms with E-state index in [2.05, 4.69) is 24.1 Å². The number of amides is 1. The molecule has 1 unspecified atom stereocenters. The molecule has 5 heteroatoms. The van der Waals surface area contributed by atoms with Crippen molar-refractivity contribution >= 4 is 28.8 Å². The monoisotopic (exact) mass is 307 g/mol. The van der Waals surface area contributed by atoms with Crippen LogP contribution in [0.3, 0.4) is 0 Å². The molecule has 0 aromatic heterocycles. The van der Waals surface area contributed by atoms with Crippen LogP contribution in [0.15, 0.2) is 30.3 Å². The van der Waals surface area contributed by atoms with Gasteiger partial charge >= 0.3 is 0 Å². The Morgan fingerprint density at radius 1 is 1.29 bits per heavy atom. The molecule has 21 heavy (non-hydrogen) atoms. The average molecular weight is 307 g/mol. The SMILES string of the molecule is CC(C)CN(CCC(N)=S)C(C)C(=O)Nc1ccccc1. The smallest absolute Gasteiger partial charge is 0.241 e. The lowest BCUT2D eigenvalue weighted by Gasteiger charge is -2.29. The molecule has 0 fully saturated rings. The molecule has 4 nitrogen and oxygen atoms in total. The van der Waals surface area contributed by atoms with Crippen molar-refractivity contribution in [3.63, 3.8) is 0 Å². The van der Waals surface area contributed by atoms with Gasteiger partial charge in [-0.3, -0.25) is 9.69 Å². The summed E-state index contributed by atoms with van der Waals surface area (Å²) in [5.74, 6) is 0.466. The lowest BCUT2D eigenvalue weighted by molar-refractivity contribution is -0.120. The first kappa shape index (κ1) is 17.6. The van der Waals surface area contributed by atoms with Gasteiger partial charge < -0.3 is 11.1 Å². The number of nitrogens with two attached hydrogens (primary N) is 1. The van der Waals surface area contributed by atoms with Gasteiger partial charge in [0.25, 0.3) is 0 Å². The second-order valence-electron chi connectivity index (χ2n) is 5.64. The summed E-state index contributed by atoms with van der Waals surface area (Å²) in [5.41, 5.74) is 6.39. The third-order valence-corrected chi connectivity index (χ3v) is 3.42. The second-order valence-corrected chi connectivity index (χ2v) is 6.16. The zero-order valence-electron chi connectivity index (χ0n) is 13.0. The number of nitrogens with one attached hydrogen (secondary N) is 1. The molecular formula is C16H25N3OS. The highest BCUT2D eigenvalue weighted by Crippen LogP contribution is 2.10. The number of para-hydroxylation sites is 1. The Hall–Kier alpha value is -1.46. The van der Waals surface area contributed by atoms with E-state index in [1.165, 1.54) is 0 Å². The maximum absolute atomic E-state index is 12.4. The molecule has 1 rings (SSSR count). The molecule has 0 bridgehead atoms.